The summed E-state index contributed by atoms with van der Waals surface area (Å²) in [4.78, 5) is 54.5. The lowest BCUT2D eigenvalue weighted by Gasteiger charge is -2.67. The highest BCUT2D eigenvalue weighted by Crippen LogP contribution is 2.64. The zero-order valence-electron chi connectivity index (χ0n) is 27.8. The molecule has 12 nitrogen and oxygen atoms in total. The molecule has 2 aromatic rings. The van der Waals surface area contributed by atoms with Crippen LogP contribution in [-0.4, -0.2) is 76.1 Å². The number of ether oxygens (including phenoxy) is 4. The van der Waals surface area contributed by atoms with E-state index in [1.807, 2.05) is 0 Å². The van der Waals surface area contributed by atoms with E-state index in [2.05, 4.69) is 0 Å². The van der Waals surface area contributed by atoms with E-state index in [1.165, 1.54) is 13.2 Å². The van der Waals surface area contributed by atoms with Crippen molar-refractivity contribution in [3.63, 3.8) is 0 Å². The number of furan rings is 1. The molecule has 2 heterocycles. The van der Waals surface area contributed by atoms with Crippen LogP contribution < -0.4 is 5.73 Å². The first-order valence-electron chi connectivity index (χ1n) is 16.3. The highest BCUT2D eigenvalue weighted by molar-refractivity contribution is 5.91. The smallest absolute Gasteiger partial charge is 0.338 e. The first-order chi connectivity index (χ1) is 22.6. The Morgan fingerprint density at radius 1 is 1.08 bits per heavy atom. The highest BCUT2D eigenvalue weighted by Gasteiger charge is 2.76. The van der Waals surface area contributed by atoms with Crippen LogP contribution in [0, 0.1) is 16.7 Å². The van der Waals surface area contributed by atoms with Crippen molar-refractivity contribution < 1.29 is 52.8 Å². The summed E-state index contributed by atoms with van der Waals surface area (Å²) in [5, 5.41) is 24.9. The SMILES string of the molecule is CC(=O)O[C@@]12CO[C@@H]1C[C@H](O)[C@@]1(C)C(=O)CC3=C(C)[C@@H](OC(=O)CC(N)c4ccco4)C[C@@](O)([C@@H](OC(=O)c4ccccc4)[C@H]21)C3(C)C. The first-order valence-corrected chi connectivity index (χ1v) is 16.3. The van der Waals surface area contributed by atoms with Crippen LogP contribution in [0.25, 0.3) is 0 Å². The predicted molar refractivity (Wildman–Crippen MR) is 168 cm³/mol. The number of esters is 3. The topological polar surface area (TPSA) is 185 Å². The van der Waals surface area contributed by atoms with Gasteiger partial charge in [-0.05, 0) is 43.7 Å². The molecule has 1 aromatic carbocycles. The van der Waals surface area contributed by atoms with Gasteiger partial charge in [-0.3, -0.25) is 14.4 Å². The summed E-state index contributed by atoms with van der Waals surface area (Å²) in [5.41, 5.74) is 1.03. The van der Waals surface area contributed by atoms with E-state index in [9.17, 15) is 29.4 Å². The standard InChI is InChI=1S/C36H43NO11/c1-19-22-14-26(39)34(5)27(40)16-28-35(18-45-28,48-20(2)38)30(34)31(47-32(42)21-10-7-6-8-11-21)36(43,33(22,3)4)17-25(19)46-29(41)15-23(37)24-12-9-13-44-24/h6-13,23,25,27-28,30-31,40,43H,14-18,37H2,1-5H3/t23?,25-,27-,28+,30-,31-,34+,35-,36+/m0/s1. The second kappa shape index (κ2) is 11.9. The number of Topliss-reactive ketones (excluding diaryl/α,β-unsaturated/α-hetero) is 1. The number of hydrogen-bond acceptors (Lipinski definition) is 12. The summed E-state index contributed by atoms with van der Waals surface area (Å²) in [7, 11) is 0. The van der Waals surface area contributed by atoms with Crippen LogP contribution >= 0.6 is 0 Å². The molecule has 4 N–H and O–H groups in total. The lowest BCUT2D eigenvalue weighted by Crippen LogP contribution is -2.80. The molecule has 3 fully saturated rings. The number of ketones is 1. The molecular formula is C36H43NO11. The summed E-state index contributed by atoms with van der Waals surface area (Å²) in [6, 6.07) is 10.7. The Morgan fingerprint density at radius 2 is 1.79 bits per heavy atom. The molecule has 1 saturated heterocycles. The van der Waals surface area contributed by atoms with Crippen molar-refractivity contribution in [2.75, 3.05) is 6.61 Å². The number of aliphatic hydroxyl groups is 2. The Morgan fingerprint density at radius 3 is 2.40 bits per heavy atom. The van der Waals surface area contributed by atoms with Crippen molar-refractivity contribution in [3.05, 3.63) is 71.2 Å². The summed E-state index contributed by atoms with van der Waals surface area (Å²) in [5.74, 6) is -3.35. The van der Waals surface area contributed by atoms with Crippen LogP contribution in [0.3, 0.4) is 0 Å². The van der Waals surface area contributed by atoms with E-state index in [0.717, 1.165) is 0 Å². The zero-order chi connectivity index (χ0) is 34.8. The number of aliphatic hydroxyl groups excluding tert-OH is 1. The fourth-order valence-corrected chi connectivity index (χ4v) is 8.58. The monoisotopic (exact) mass is 665 g/mol. The van der Waals surface area contributed by atoms with Gasteiger partial charge in [-0.1, -0.05) is 37.6 Å². The fraction of sp³-hybridized carbons (Fsp3) is 0.556. The van der Waals surface area contributed by atoms with Crippen LogP contribution in [0.5, 0.6) is 0 Å². The lowest BCUT2D eigenvalue weighted by molar-refractivity contribution is -0.344. The number of carbonyl (C=O) groups excluding carboxylic acids is 4. The van der Waals surface area contributed by atoms with E-state index in [0.29, 0.717) is 16.9 Å². The number of carbonyl (C=O) groups is 4. The van der Waals surface area contributed by atoms with Crippen molar-refractivity contribution in [2.45, 2.75) is 102 Å². The molecule has 1 aliphatic heterocycles. The molecule has 1 aromatic heterocycles. The van der Waals surface area contributed by atoms with E-state index in [1.54, 1.807) is 70.2 Å². The van der Waals surface area contributed by atoms with Crippen molar-refractivity contribution in [1.29, 1.82) is 0 Å². The van der Waals surface area contributed by atoms with Crippen molar-refractivity contribution >= 4 is 23.7 Å². The minimum atomic E-state index is -2.02. The Hall–Kier alpha value is -3.84. The maximum atomic E-state index is 14.7. The summed E-state index contributed by atoms with van der Waals surface area (Å²) >= 11 is 0. The van der Waals surface area contributed by atoms with Crippen LogP contribution in [0.15, 0.2) is 64.3 Å². The number of benzene rings is 1. The summed E-state index contributed by atoms with van der Waals surface area (Å²) in [6.45, 7) is 7.92. The van der Waals surface area contributed by atoms with Gasteiger partial charge in [0.1, 0.15) is 35.5 Å². The molecule has 0 radical (unpaired) electrons. The van der Waals surface area contributed by atoms with Crippen molar-refractivity contribution in [3.8, 4) is 0 Å². The lowest BCUT2D eigenvalue weighted by atomic mass is 9.45. The van der Waals surface area contributed by atoms with Crippen LogP contribution in [0.2, 0.25) is 0 Å². The summed E-state index contributed by atoms with van der Waals surface area (Å²) in [6.07, 6.45) is -3.92. The second-order valence-corrected chi connectivity index (χ2v) is 14.4. The van der Waals surface area contributed by atoms with Crippen LogP contribution in [-0.2, 0) is 33.3 Å². The van der Waals surface area contributed by atoms with Crippen molar-refractivity contribution in [2.24, 2.45) is 22.5 Å². The maximum absolute atomic E-state index is 14.7. The van der Waals surface area contributed by atoms with Crippen LogP contribution in [0.4, 0.5) is 0 Å². The molecule has 2 saturated carbocycles. The van der Waals surface area contributed by atoms with E-state index >= 15 is 0 Å². The van der Waals surface area contributed by atoms with Gasteiger partial charge in [-0.15, -0.1) is 0 Å². The molecule has 258 valence electrons. The largest absolute Gasteiger partial charge is 0.468 e. The average molecular weight is 666 g/mol. The molecule has 12 heteroatoms. The maximum Gasteiger partial charge on any atom is 0.338 e. The molecule has 48 heavy (non-hydrogen) atoms. The third kappa shape index (κ3) is 5.12. The van der Waals surface area contributed by atoms with Gasteiger partial charge in [-0.2, -0.15) is 0 Å². The molecule has 2 bridgehead atoms. The molecular weight excluding hydrogens is 622 g/mol. The number of fused-ring (bicyclic) bond motifs is 5. The van der Waals surface area contributed by atoms with Gasteiger partial charge < -0.3 is 39.3 Å². The molecule has 0 amide bonds. The van der Waals surface area contributed by atoms with Gasteiger partial charge in [0.25, 0.3) is 0 Å². The molecule has 0 spiro atoms. The zero-order valence-corrected chi connectivity index (χ0v) is 27.8. The Labute approximate surface area is 278 Å². The number of rotatable bonds is 7. The Bertz CT molecular complexity index is 1630. The van der Waals surface area contributed by atoms with Gasteiger partial charge in [-0.25, -0.2) is 4.79 Å². The number of hydrogen-bond donors (Lipinski definition) is 3. The highest BCUT2D eigenvalue weighted by atomic mass is 16.6. The van der Waals surface area contributed by atoms with E-state index < -0.39 is 82.1 Å². The average Bonchev–Trinajstić information content (AvgIpc) is 3.57. The van der Waals surface area contributed by atoms with E-state index in [-0.39, 0.29) is 37.9 Å². The van der Waals surface area contributed by atoms with Gasteiger partial charge in [0.2, 0.25) is 0 Å². The van der Waals surface area contributed by atoms with Gasteiger partial charge >= 0.3 is 17.9 Å². The third-order valence-corrected chi connectivity index (χ3v) is 11.5. The van der Waals surface area contributed by atoms with Crippen molar-refractivity contribution in [1.82, 2.24) is 0 Å². The molecule has 9 atom stereocenters. The molecule has 4 aliphatic rings. The van der Waals surface area contributed by atoms with E-state index in [4.69, 9.17) is 29.1 Å². The summed E-state index contributed by atoms with van der Waals surface area (Å²) < 4.78 is 29.5. The van der Waals surface area contributed by atoms with Gasteiger partial charge in [0.05, 0.1) is 48.3 Å². The third-order valence-electron chi connectivity index (χ3n) is 11.5. The van der Waals surface area contributed by atoms with Crippen LogP contribution in [0.1, 0.15) is 82.5 Å². The minimum Gasteiger partial charge on any atom is -0.468 e. The fourth-order valence-electron chi connectivity index (χ4n) is 8.58. The Kier molecular flexibility index (Phi) is 8.47. The molecule has 3 aliphatic carbocycles. The second-order valence-electron chi connectivity index (χ2n) is 14.4. The normalized spacial score (nSPS) is 35.9. The minimum absolute atomic E-state index is 0.0125. The Balaban J connectivity index is 1.50. The number of nitrogens with two attached hydrogens (primary N) is 1. The first kappa shape index (κ1) is 34.0. The van der Waals surface area contributed by atoms with Gasteiger partial charge in [0, 0.05) is 31.6 Å². The predicted octanol–water partition coefficient (Wildman–Crippen LogP) is 3.35. The van der Waals surface area contributed by atoms with Gasteiger partial charge in [0.15, 0.2) is 5.60 Å². The molecule has 6 rings (SSSR count). The molecule has 1 unspecified atom stereocenters. The quantitative estimate of drug-likeness (QED) is 0.223.